The first kappa shape index (κ1) is 14.6. The van der Waals surface area contributed by atoms with E-state index in [1.807, 2.05) is 13.0 Å². The summed E-state index contributed by atoms with van der Waals surface area (Å²) in [6, 6.07) is -0.579. The second-order valence-corrected chi connectivity index (χ2v) is 6.21. The summed E-state index contributed by atoms with van der Waals surface area (Å²) in [5.41, 5.74) is -0.624. The Morgan fingerprint density at radius 2 is 1.80 bits per heavy atom. The van der Waals surface area contributed by atoms with Crippen LogP contribution < -0.4 is 5.32 Å². The number of carbonyl (C=O) groups excluding carboxylic acids is 3. The van der Waals surface area contributed by atoms with Gasteiger partial charge in [-0.05, 0) is 26.7 Å². The Balaban J connectivity index is 2.12. The average Bonchev–Trinajstić information content (AvgIpc) is 2.57. The van der Waals surface area contributed by atoms with Crippen LogP contribution in [0.2, 0.25) is 0 Å². The van der Waals surface area contributed by atoms with E-state index in [9.17, 15) is 14.4 Å². The zero-order valence-corrected chi connectivity index (χ0v) is 12.0. The number of fused-ring (bicyclic) bond motifs is 1. The molecule has 110 valence electrons. The van der Waals surface area contributed by atoms with Crippen molar-refractivity contribution in [3.63, 3.8) is 0 Å². The second-order valence-electron chi connectivity index (χ2n) is 6.21. The molecule has 0 saturated carbocycles. The van der Waals surface area contributed by atoms with E-state index in [0.717, 1.165) is 0 Å². The number of esters is 2. The van der Waals surface area contributed by atoms with Crippen LogP contribution in [0.25, 0.3) is 0 Å². The van der Waals surface area contributed by atoms with Crippen molar-refractivity contribution in [3.05, 3.63) is 12.2 Å². The van der Waals surface area contributed by atoms with Crippen LogP contribution in [0.15, 0.2) is 12.2 Å². The smallest absolute Gasteiger partial charge is 0.408 e. The fourth-order valence-corrected chi connectivity index (χ4v) is 2.56. The van der Waals surface area contributed by atoms with Crippen molar-refractivity contribution in [2.75, 3.05) is 0 Å². The van der Waals surface area contributed by atoms with E-state index in [4.69, 9.17) is 4.74 Å². The van der Waals surface area contributed by atoms with Crippen LogP contribution in [0.4, 0.5) is 4.79 Å². The predicted molar refractivity (Wildman–Crippen MR) is 69.5 cm³/mol. The van der Waals surface area contributed by atoms with Crippen LogP contribution in [-0.2, 0) is 19.1 Å². The van der Waals surface area contributed by atoms with Crippen molar-refractivity contribution in [1.29, 1.82) is 0 Å². The lowest BCUT2D eigenvalue weighted by Crippen LogP contribution is -2.47. The van der Waals surface area contributed by atoms with E-state index in [-0.39, 0.29) is 5.92 Å². The van der Waals surface area contributed by atoms with Crippen LogP contribution in [0.5, 0.6) is 0 Å². The van der Waals surface area contributed by atoms with Crippen LogP contribution in [-0.4, -0.2) is 29.7 Å². The molecule has 2 aliphatic rings. The van der Waals surface area contributed by atoms with Crippen LogP contribution in [0.3, 0.4) is 0 Å². The van der Waals surface area contributed by atoms with Gasteiger partial charge in [-0.15, -0.1) is 0 Å². The number of rotatable bonds is 1. The first-order valence-corrected chi connectivity index (χ1v) is 6.62. The molecule has 6 heteroatoms. The van der Waals surface area contributed by atoms with Crippen molar-refractivity contribution in [1.82, 2.24) is 5.32 Å². The van der Waals surface area contributed by atoms with E-state index < -0.39 is 41.5 Å². The maximum Gasteiger partial charge on any atom is 0.408 e. The molecule has 1 fully saturated rings. The highest BCUT2D eigenvalue weighted by atomic mass is 16.6. The van der Waals surface area contributed by atoms with E-state index in [2.05, 4.69) is 10.1 Å². The number of allylic oxidation sites excluding steroid dienone is 1. The van der Waals surface area contributed by atoms with Crippen LogP contribution in [0.1, 0.15) is 27.7 Å². The minimum Gasteiger partial charge on any atom is -0.444 e. The maximum atomic E-state index is 11.8. The van der Waals surface area contributed by atoms with Gasteiger partial charge in [-0.2, -0.15) is 0 Å². The molecule has 1 amide bonds. The molecule has 0 spiro atoms. The fraction of sp³-hybridized carbons (Fsp3) is 0.643. The van der Waals surface area contributed by atoms with Crippen molar-refractivity contribution in [3.8, 4) is 0 Å². The molecule has 20 heavy (non-hydrogen) atoms. The Bertz CT molecular complexity index is 476. The van der Waals surface area contributed by atoms with Crippen molar-refractivity contribution >= 4 is 18.0 Å². The van der Waals surface area contributed by atoms with Crippen LogP contribution in [0, 0.1) is 17.8 Å². The molecular weight excluding hydrogens is 262 g/mol. The summed E-state index contributed by atoms with van der Waals surface area (Å²) in [6.45, 7) is 7.10. The lowest BCUT2D eigenvalue weighted by Gasteiger charge is -2.30. The third-order valence-corrected chi connectivity index (χ3v) is 3.39. The fourth-order valence-electron chi connectivity index (χ4n) is 2.56. The van der Waals surface area contributed by atoms with Gasteiger partial charge in [0.1, 0.15) is 5.60 Å². The van der Waals surface area contributed by atoms with Crippen molar-refractivity contribution in [2.45, 2.75) is 39.3 Å². The number of hydrogen-bond acceptors (Lipinski definition) is 5. The molecule has 0 aromatic carbocycles. The van der Waals surface area contributed by atoms with Gasteiger partial charge in [0.15, 0.2) is 0 Å². The Morgan fingerprint density at radius 3 is 2.40 bits per heavy atom. The molecule has 1 aliphatic heterocycles. The monoisotopic (exact) mass is 281 g/mol. The molecule has 1 heterocycles. The number of nitrogens with one attached hydrogen (secondary N) is 1. The number of ether oxygens (including phenoxy) is 2. The second kappa shape index (κ2) is 4.92. The summed E-state index contributed by atoms with van der Waals surface area (Å²) < 4.78 is 9.84. The standard InChI is InChI=1S/C14H19NO5/c1-7-5-6-8(15-13(18)20-14(2,3)4)10-9(7)11(16)19-12(10)17/h5-10H,1-4H3,(H,15,18). The number of carbonyl (C=O) groups is 3. The molecule has 4 unspecified atom stereocenters. The van der Waals surface area contributed by atoms with E-state index in [1.54, 1.807) is 26.8 Å². The van der Waals surface area contributed by atoms with Gasteiger partial charge >= 0.3 is 18.0 Å². The molecule has 6 nitrogen and oxygen atoms in total. The summed E-state index contributed by atoms with van der Waals surface area (Å²) in [6.07, 6.45) is 2.91. The molecule has 4 atom stereocenters. The van der Waals surface area contributed by atoms with Gasteiger partial charge in [-0.1, -0.05) is 19.1 Å². The van der Waals surface area contributed by atoms with Gasteiger partial charge in [0.2, 0.25) is 0 Å². The summed E-state index contributed by atoms with van der Waals surface area (Å²) >= 11 is 0. The van der Waals surface area contributed by atoms with Crippen LogP contribution >= 0.6 is 0 Å². The summed E-state index contributed by atoms with van der Waals surface area (Å²) in [4.78, 5) is 35.2. The topological polar surface area (TPSA) is 81.7 Å². The number of alkyl carbamates (subject to hydrolysis) is 1. The number of cyclic esters (lactones) is 2. The summed E-state index contributed by atoms with van der Waals surface area (Å²) in [7, 11) is 0. The lowest BCUT2D eigenvalue weighted by molar-refractivity contribution is -0.154. The SMILES string of the molecule is CC1C=CC(NC(=O)OC(C)(C)C)C2C(=O)OC(=O)C12. The van der Waals surface area contributed by atoms with Gasteiger partial charge < -0.3 is 14.8 Å². The molecule has 1 N–H and O–H groups in total. The van der Waals surface area contributed by atoms with E-state index in [1.165, 1.54) is 0 Å². The minimum atomic E-state index is -0.671. The third-order valence-electron chi connectivity index (χ3n) is 3.39. The Kier molecular flexibility index (Phi) is 3.58. The van der Waals surface area contributed by atoms with Gasteiger partial charge in [-0.25, -0.2) is 4.79 Å². The molecule has 0 aromatic heterocycles. The van der Waals surface area contributed by atoms with E-state index >= 15 is 0 Å². The molecular formula is C14H19NO5. The quantitative estimate of drug-likeness (QED) is 0.446. The normalized spacial score (nSPS) is 32.6. The first-order chi connectivity index (χ1) is 9.19. The minimum absolute atomic E-state index is 0.0874. The molecule has 2 rings (SSSR count). The molecule has 0 aromatic rings. The largest absolute Gasteiger partial charge is 0.444 e. The molecule has 0 bridgehead atoms. The zero-order valence-electron chi connectivity index (χ0n) is 12.0. The maximum absolute atomic E-state index is 11.8. The molecule has 1 aliphatic carbocycles. The molecule has 0 radical (unpaired) electrons. The highest BCUT2D eigenvalue weighted by Gasteiger charge is 2.52. The van der Waals surface area contributed by atoms with Gasteiger partial charge in [0.25, 0.3) is 0 Å². The molecule has 1 saturated heterocycles. The first-order valence-electron chi connectivity index (χ1n) is 6.62. The Labute approximate surface area is 117 Å². The highest BCUT2D eigenvalue weighted by molar-refractivity contribution is 5.98. The van der Waals surface area contributed by atoms with Gasteiger partial charge in [0.05, 0.1) is 17.9 Å². The summed E-state index contributed by atoms with van der Waals surface area (Å²) in [5, 5.41) is 2.62. The van der Waals surface area contributed by atoms with Gasteiger partial charge in [-0.3, -0.25) is 9.59 Å². The van der Waals surface area contributed by atoms with E-state index in [0.29, 0.717) is 0 Å². The Morgan fingerprint density at radius 1 is 1.20 bits per heavy atom. The average molecular weight is 281 g/mol. The zero-order chi connectivity index (χ0) is 15.1. The third kappa shape index (κ3) is 2.84. The number of hydrogen-bond donors (Lipinski definition) is 1. The Hall–Kier alpha value is -1.85. The lowest BCUT2D eigenvalue weighted by atomic mass is 9.75. The van der Waals surface area contributed by atoms with Crippen molar-refractivity contribution < 1.29 is 23.9 Å². The van der Waals surface area contributed by atoms with Crippen molar-refractivity contribution in [2.24, 2.45) is 17.8 Å². The predicted octanol–water partition coefficient (Wildman–Crippen LogP) is 1.40. The summed E-state index contributed by atoms with van der Waals surface area (Å²) in [5.74, 6) is -2.40. The number of amides is 1. The van der Waals surface area contributed by atoms with Gasteiger partial charge in [0, 0.05) is 0 Å². The highest BCUT2D eigenvalue weighted by Crippen LogP contribution is 2.37.